The van der Waals surface area contributed by atoms with E-state index in [0.717, 1.165) is 41.6 Å². The second kappa shape index (κ2) is 6.62. The van der Waals surface area contributed by atoms with Gasteiger partial charge < -0.3 is 10.1 Å². The lowest BCUT2D eigenvalue weighted by Crippen LogP contribution is -2.21. The van der Waals surface area contributed by atoms with Crippen LogP contribution in [0, 0.1) is 11.7 Å². The Hall–Kier alpha value is -2.39. The zero-order valence-electron chi connectivity index (χ0n) is 13.4. The molecule has 2 atom stereocenters. The van der Waals surface area contributed by atoms with Gasteiger partial charge in [-0.05, 0) is 42.1 Å². The van der Waals surface area contributed by atoms with E-state index in [-0.39, 0.29) is 11.9 Å². The molecule has 122 valence electrons. The van der Waals surface area contributed by atoms with Crippen LogP contribution in [0.15, 0.2) is 66.7 Å². The molecule has 0 aliphatic carbocycles. The van der Waals surface area contributed by atoms with Crippen LogP contribution in [0.3, 0.4) is 0 Å². The van der Waals surface area contributed by atoms with E-state index in [1.165, 1.54) is 6.07 Å². The van der Waals surface area contributed by atoms with Gasteiger partial charge >= 0.3 is 0 Å². The van der Waals surface area contributed by atoms with Crippen molar-refractivity contribution in [1.29, 1.82) is 0 Å². The molecular weight excluding hydrogens is 301 g/mol. The quantitative estimate of drug-likeness (QED) is 0.751. The van der Waals surface area contributed by atoms with Crippen LogP contribution in [0.4, 0.5) is 4.39 Å². The lowest BCUT2D eigenvalue weighted by molar-refractivity contribution is 0.146. The van der Waals surface area contributed by atoms with Gasteiger partial charge in [0.1, 0.15) is 17.7 Å². The van der Waals surface area contributed by atoms with Gasteiger partial charge in [-0.2, -0.15) is 0 Å². The van der Waals surface area contributed by atoms with Gasteiger partial charge in [-0.15, -0.1) is 0 Å². The molecule has 2 nitrogen and oxygen atoms in total. The highest BCUT2D eigenvalue weighted by atomic mass is 19.1. The fourth-order valence-corrected chi connectivity index (χ4v) is 3.49. The van der Waals surface area contributed by atoms with Gasteiger partial charge in [-0.1, -0.05) is 48.5 Å². The summed E-state index contributed by atoms with van der Waals surface area (Å²) in [6, 6.07) is 21.1. The third-order valence-electron chi connectivity index (χ3n) is 4.71. The van der Waals surface area contributed by atoms with Gasteiger partial charge in [0.25, 0.3) is 0 Å². The monoisotopic (exact) mass is 321 g/mol. The summed E-state index contributed by atoms with van der Waals surface area (Å²) in [6.07, 6.45) is 0.882. The maximum absolute atomic E-state index is 13.7. The van der Waals surface area contributed by atoms with Crippen LogP contribution in [-0.2, 0) is 0 Å². The van der Waals surface area contributed by atoms with E-state index >= 15 is 0 Å². The maximum atomic E-state index is 13.7. The highest BCUT2D eigenvalue weighted by molar-refractivity contribution is 5.88. The fourth-order valence-electron chi connectivity index (χ4n) is 3.49. The average molecular weight is 321 g/mol. The zero-order valence-corrected chi connectivity index (χ0v) is 13.4. The summed E-state index contributed by atoms with van der Waals surface area (Å²) in [5.41, 5.74) is 0.900. The predicted molar refractivity (Wildman–Crippen MR) is 94.7 cm³/mol. The molecule has 3 aromatic carbocycles. The van der Waals surface area contributed by atoms with Gasteiger partial charge in [0.05, 0.1) is 0 Å². The maximum Gasteiger partial charge on any atom is 0.128 e. The predicted octanol–water partition coefficient (Wildman–Crippen LogP) is 4.71. The standard InChI is InChI=1S/C21H20FNO/c22-18-8-3-7-16(13-18)21(17-11-12-23-14-17)24-20-10-4-6-15-5-1-2-9-19(15)20/h1-10,13,17,21,23H,11-12,14H2. The van der Waals surface area contributed by atoms with Gasteiger partial charge in [-0.25, -0.2) is 4.39 Å². The van der Waals surface area contributed by atoms with E-state index in [1.807, 2.05) is 30.3 Å². The minimum absolute atomic E-state index is 0.151. The molecule has 1 fully saturated rings. The highest BCUT2D eigenvalue weighted by Crippen LogP contribution is 2.35. The molecule has 1 saturated heterocycles. The van der Waals surface area contributed by atoms with Crippen LogP contribution in [-0.4, -0.2) is 13.1 Å². The normalized spacial score (nSPS) is 18.6. The Morgan fingerprint density at radius 3 is 2.67 bits per heavy atom. The van der Waals surface area contributed by atoms with Gasteiger partial charge in [-0.3, -0.25) is 0 Å². The van der Waals surface area contributed by atoms with Crippen molar-refractivity contribution in [1.82, 2.24) is 5.32 Å². The largest absolute Gasteiger partial charge is 0.485 e. The molecule has 0 amide bonds. The van der Waals surface area contributed by atoms with Crippen LogP contribution in [0.2, 0.25) is 0 Å². The first-order valence-corrected chi connectivity index (χ1v) is 8.42. The number of rotatable bonds is 4. The molecule has 1 N–H and O–H groups in total. The minimum Gasteiger partial charge on any atom is -0.485 e. The molecule has 0 saturated carbocycles. The van der Waals surface area contributed by atoms with Crippen molar-refractivity contribution in [3.8, 4) is 5.75 Å². The summed E-state index contributed by atoms with van der Waals surface area (Å²) in [7, 11) is 0. The third kappa shape index (κ3) is 3.00. The van der Waals surface area contributed by atoms with Gasteiger partial charge in [0.15, 0.2) is 0 Å². The SMILES string of the molecule is Fc1cccc(C(Oc2cccc3ccccc23)C2CCNC2)c1. The Labute approximate surface area is 141 Å². The Bertz CT molecular complexity index is 837. The van der Waals surface area contributed by atoms with Crippen molar-refractivity contribution in [2.24, 2.45) is 5.92 Å². The second-order valence-electron chi connectivity index (χ2n) is 6.32. The third-order valence-corrected chi connectivity index (χ3v) is 4.71. The first-order chi connectivity index (χ1) is 11.8. The topological polar surface area (TPSA) is 21.3 Å². The van der Waals surface area contributed by atoms with Crippen LogP contribution in [0.1, 0.15) is 18.1 Å². The zero-order chi connectivity index (χ0) is 16.4. The minimum atomic E-state index is -0.218. The van der Waals surface area contributed by atoms with Crippen molar-refractivity contribution in [3.05, 3.63) is 78.1 Å². The Balaban J connectivity index is 1.73. The van der Waals surface area contributed by atoms with Crippen molar-refractivity contribution >= 4 is 10.8 Å². The number of hydrogen-bond acceptors (Lipinski definition) is 2. The van der Waals surface area contributed by atoms with Crippen LogP contribution >= 0.6 is 0 Å². The van der Waals surface area contributed by atoms with Crippen molar-refractivity contribution in [2.45, 2.75) is 12.5 Å². The van der Waals surface area contributed by atoms with Crippen molar-refractivity contribution < 1.29 is 9.13 Å². The molecule has 4 rings (SSSR count). The Morgan fingerprint density at radius 2 is 1.83 bits per heavy atom. The van der Waals surface area contributed by atoms with E-state index < -0.39 is 0 Å². The van der Waals surface area contributed by atoms with Crippen molar-refractivity contribution in [2.75, 3.05) is 13.1 Å². The summed E-state index contributed by atoms with van der Waals surface area (Å²) >= 11 is 0. The van der Waals surface area contributed by atoms with Crippen LogP contribution in [0.5, 0.6) is 5.75 Å². The molecule has 2 unspecified atom stereocenters. The van der Waals surface area contributed by atoms with E-state index in [0.29, 0.717) is 5.92 Å². The molecule has 0 spiro atoms. The second-order valence-corrected chi connectivity index (χ2v) is 6.32. The Morgan fingerprint density at radius 1 is 1.00 bits per heavy atom. The molecule has 0 bridgehead atoms. The first kappa shape index (κ1) is 15.2. The number of hydrogen-bond donors (Lipinski definition) is 1. The molecule has 24 heavy (non-hydrogen) atoms. The smallest absolute Gasteiger partial charge is 0.128 e. The number of nitrogens with one attached hydrogen (secondary N) is 1. The Kier molecular flexibility index (Phi) is 4.18. The number of halogens is 1. The number of fused-ring (bicyclic) bond motifs is 1. The molecule has 1 aliphatic rings. The molecule has 1 heterocycles. The summed E-state index contributed by atoms with van der Waals surface area (Å²) < 4.78 is 20.2. The average Bonchev–Trinajstić information content (AvgIpc) is 3.14. The number of benzene rings is 3. The van der Waals surface area contributed by atoms with Crippen LogP contribution < -0.4 is 10.1 Å². The lowest BCUT2D eigenvalue weighted by atomic mass is 9.94. The van der Waals surface area contributed by atoms with E-state index in [1.54, 1.807) is 12.1 Å². The molecule has 0 aromatic heterocycles. The van der Waals surface area contributed by atoms with E-state index in [2.05, 4.69) is 23.5 Å². The molecule has 3 aromatic rings. The van der Waals surface area contributed by atoms with Crippen LogP contribution in [0.25, 0.3) is 10.8 Å². The highest BCUT2D eigenvalue weighted by Gasteiger charge is 2.28. The number of ether oxygens (including phenoxy) is 1. The van der Waals surface area contributed by atoms with E-state index in [4.69, 9.17) is 4.74 Å². The first-order valence-electron chi connectivity index (χ1n) is 8.42. The summed E-state index contributed by atoms with van der Waals surface area (Å²) in [5.74, 6) is 0.977. The van der Waals surface area contributed by atoms with Crippen molar-refractivity contribution in [3.63, 3.8) is 0 Å². The van der Waals surface area contributed by atoms with E-state index in [9.17, 15) is 4.39 Å². The lowest BCUT2D eigenvalue weighted by Gasteiger charge is -2.25. The summed E-state index contributed by atoms with van der Waals surface area (Å²) in [4.78, 5) is 0. The molecule has 1 aliphatic heterocycles. The fraction of sp³-hybridized carbons (Fsp3) is 0.238. The summed E-state index contributed by atoms with van der Waals surface area (Å²) in [5, 5.41) is 5.63. The molecule has 0 radical (unpaired) electrons. The summed E-state index contributed by atoms with van der Waals surface area (Å²) in [6.45, 7) is 1.88. The molecule has 3 heteroatoms. The van der Waals surface area contributed by atoms with Gasteiger partial charge in [0, 0.05) is 17.8 Å². The molecular formula is C21H20FNO. The van der Waals surface area contributed by atoms with Gasteiger partial charge in [0.2, 0.25) is 0 Å².